The first-order chi connectivity index (χ1) is 15.5. The number of aromatic nitrogens is 1. The smallest absolute Gasteiger partial charge is 0.237 e. The molecule has 0 spiro atoms. The van der Waals surface area contributed by atoms with Gasteiger partial charge in [-0.3, -0.25) is 14.6 Å². The van der Waals surface area contributed by atoms with Crippen LogP contribution in [0.25, 0.3) is 10.9 Å². The third-order valence-corrected chi connectivity index (χ3v) is 7.36. The number of hydrogen-bond acceptors (Lipinski definition) is 5. The van der Waals surface area contributed by atoms with E-state index in [9.17, 15) is 9.90 Å². The monoisotopic (exact) mass is 441 g/mol. The van der Waals surface area contributed by atoms with E-state index in [2.05, 4.69) is 52.9 Å². The maximum Gasteiger partial charge on any atom is 0.237 e. The molecule has 0 aliphatic carbocycles. The number of rotatable bonds is 8. The number of carbonyl (C=O) groups is 1. The molecule has 2 aliphatic heterocycles. The van der Waals surface area contributed by atoms with Crippen molar-refractivity contribution >= 4 is 16.8 Å². The molecule has 7 nitrogen and oxygen atoms in total. The van der Waals surface area contributed by atoms with Crippen LogP contribution >= 0.6 is 0 Å². The Kier molecular flexibility index (Phi) is 7.51. The minimum Gasteiger partial charge on any atom is -0.396 e. The first kappa shape index (κ1) is 23.2. The number of aliphatic hydroxyl groups is 1. The van der Waals surface area contributed by atoms with Gasteiger partial charge < -0.3 is 20.3 Å². The van der Waals surface area contributed by atoms with Crippen molar-refractivity contribution in [2.24, 2.45) is 5.73 Å². The molecular weight excluding hydrogens is 402 g/mol. The second-order valence-corrected chi connectivity index (χ2v) is 9.77. The number of carbonyl (C=O) groups excluding carboxylic acids is 1. The van der Waals surface area contributed by atoms with E-state index < -0.39 is 0 Å². The van der Waals surface area contributed by atoms with Gasteiger partial charge in [-0.15, -0.1) is 0 Å². The summed E-state index contributed by atoms with van der Waals surface area (Å²) in [7, 11) is 0. The van der Waals surface area contributed by atoms with Crippen LogP contribution in [-0.2, 0) is 17.9 Å². The summed E-state index contributed by atoms with van der Waals surface area (Å²) < 4.78 is 1.97. The molecule has 0 unspecified atom stereocenters. The fraction of sp³-hybridized carbons (Fsp3) is 0.640. The van der Waals surface area contributed by atoms with Gasteiger partial charge in [-0.05, 0) is 57.8 Å². The fourth-order valence-corrected chi connectivity index (χ4v) is 5.69. The average molecular weight is 442 g/mol. The molecule has 1 aromatic carbocycles. The highest BCUT2D eigenvalue weighted by Crippen LogP contribution is 2.27. The Balaban J connectivity index is 1.44. The summed E-state index contributed by atoms with van der Waals surface area (Å²) >= 11 is 0. The largest absolute Gasteiger partial charge is 0.396 e. The number of benzene rings is 1. The fourth-order valence-electron chi connectivity index (χ4n) is 5.69. The molecule has 2 aliphatic rings. The van der Waals surface area contributed by atoms with Crippen molar-refractivity contribution in [3.8, 4) is 0 Å². The molecule has 4 rings (SSSR count). The molecule has 2 fully saturated rings. The first-order valence-electron chi connectivity index (χ1n) is 12.1. The van der Waals surface area contributed by atoms with Crippen molar-refractivity contribution < 1.29 is 9.90 Å². The highest BCUT2D eigenvalue weighted by molar-refractivity contribution is 5.85. The Labute approximate surface area is 191 Å². The van der Waals surface area contributed by atoms with Crippen molar-refractivity contribution in [1.29, 1.82) is 0 Å². The average Bonchev–Trinajstić information content (AvgIpc) is 3.11. The number of nitrogens with two attached hydrogens (primary N) is 1. The van der Waals surface area contributed by atoms with Gasteiger partial charge in [0.1, 0.15) is 6.54 Å². The first-order valence-corrected chi connectivity index (χ1v) is 12.1. The molecule has 2 aromatic rings. The normalized spacial score (nSPS) is 22.2. The number of primary amides is 1. The quantitative estimate of drug-likeness (QED) is 0.654. The SMILES string of the molecule is CC(C)N1CCC(N2CCN(Cc3cn(CC(N)=O)c4ccccc34)C[C@H]2CCO)CC1. The topological polar surface area (TPSA) is 78.0 Å². The summed E-state index contributed by atoms with van der Waals surface area (Å²) in [6.45, 7) is 11.3. The van der Waals surface area contributed by atoms with Gasteiger partial charge >= 0.3 is 0 Å². The van der Waals surface area contributed by atoms with E-state index >= 15 is 0 Å². The zero-order valence-corrected chi connectivity index (χ0v) is 19.6. The summed E-state index contributed by atoms with van der Waals surface area (Å²) in [6, 6.07) is 9.88. The van der Waals surface area contributed by atoms with Crippen molar-refractivity contribution in [3.05, 3.63) is 36.0 Å². The number of aliphatic hydroxyl groups excluding tert-OH is 1. The Morgan fingerprint density at radius 1 is 1.16 bits per heavy atom. The van der Waals surface area contributed by atoms with Gasteiger partial charge in [-0.1, -0.05) is 18.2 Å². The molecule has 1 atom stereocenters. The Morgan fingerprint density at radius 3 is 2.59 bits per heavy atom. The minimum atomic E-state index is -0.322. The van der Waals surface area contributed by atoms with E-state index in [-0.39, 0.29) is 19.1 Å². The maximum atomic E-state index is 11.5. The van der Waals surface area contributed by atoms with Crippen molar-refractivity contribution in [1.82, 2.24) is 19.3 Å². The van der Waals surface area contributed by atoms with E-state index in [1.54, 1.807) is 0 Å². The van der Waals surface area contributed by atoms with Crippen LogP contribution in [0.3, 0.4) is 0 Å². The third kappa shape index (κ3) is 5.17. The second kappa shape index (κ2) is 10.3. The summed E-state index contributed by atoms with van der Waals surface area (Å²) in [5.41, 5.74) is 7.77. The van der Waals surface area contributed by atoms with E-state index in [1.165, 1.54) is 36.9 Å². The number of amides is 1. The van der Waals surface area contributed by atoms with Gasteiger partial charge in [0, 0.05) is 68.0 Å². The maximum absolute atomic E-state index is 11.5. The molecule has 1 amide bonds. The Morgan fingerprint density at radius 2 is 1.91 bits per heavy atom. The summed E-state index contributed by atoms with van der Waals surface area (Å²) in [4.78, 5) is 19.3. The van der Waals surface area contributed by atoms with Crippen LogP contribution in [-0.4, -0.2) is 87.7 Å². The molecule has 7 heteroatoms. The number of piperazine rings is 1. The zero-order chi connectivity index (χ0) is 22.7. The van der Waals surface area contributed by atoms with Crippen molar-refractivity contribution in [2.75, 3.05) is 39.3 Å². The van der Waals surface area contributed by atoms with E-state index in [0.29, 0.717) is 18.1 Å². The summed E-state index contributed by atoms with van der Waals surface area (Å²) in [5.74, 6) is -0.322. The van der Waals surface area contributed by atoms with Gasteiger partial charge in [0.25, 0.3) is 0 Å². The van der Waals surface area contributed by atoms with E-state index in [1.807, 2.05) is 10.6 Å². The molecule has 176 valence electrons. The van der Waals surface area contributed by atoms with Crippen LogP contribution in [0.2, 0.25) is 0 Å². The van der Waals surface area contributed by atoms with Crippen LogP contribution in [0.5, 0.6) is 0 Å². The van der Waals surface area contributed by atoms with Crippen LogP contribution < -0.4 is 5.73 Å². The number of likely N-dealkylation sites (tertiary alicyclic amines) is 1. The van der Waals surface area contributed by atoms with Gasteiger partial charge in [0.05, 0.1) is 0 Å². The molecule has 32 heavy (non-hydrogen) atoms. The summed E-state index contributed by atoms with van der Waals surface area (Å²) in [6.07, 6.45) is 5.36. The van der Waals surface area contributed by atoms with Gasteiger partial charge in [0.15, 0.2) is 0 Å². The highest BCUT2D eigenvalue weighted by Gasteiger charge is 2.34. The zero-order valence-electron chi connectivity index (χ0n) is 19.6. The van der Waals surface area contributed by atoms with Gasteiger partial charge in [-0.25, -0.2) is 0 Å². The molecular formula is C25H39N5O2. The predicted molar refractivity (Wildman–Crippen MR) is 128 cm³/mol. The second-order valence-electron chi connectivity index (χ2n) is 9.77. The molecule has 3 N–H and O–H groups in total. The van der Waals surface area contributed by atoms with Crippen LogP contribution in [0, 0.1) is 0 Å². The lowest BCUT2D eigenvalue weighted by atomic mass is 9.97. The van der Waals surface area contributed by atoms with Crippen LogP contribution in [0.4, 0.5) is 0 Å². The lowest BCUT2D eigenvalue weighted by Gasteiger charge is -2.48. The summed E-state index contributed by atoms with van der Waals surface area (Å²) in [5, 5.41) is 10.9. The number of piperidine rings is 1. The number of para-hydroxylation sites is 1. The highest BCUT2D eigenvalue weighted by atomic mass is 16.3. The van der Waals surface area contributed by atoms with Gasteiger partial charge in [0.2, 0.25) is 5.91 Å². The molecule has 0 saturated carbocycles. The molecule has 3 heterocycles. The lowest BCUT2D eigenvalue weighted by molar-refractivity contribution is -0.118. The van der Waals surface area contributed by atoms with Gasteiger partial charge in [-0.2, -0.15) is 0 Å². The van der Waals surface area contributed by atoms with Crippen molar-refractivity contribution in [2.45, 2.75) is 64.3 Å². The number of hydrogen-bond donors (Lipinski definition) is 2. The number of nitrogens with zero attached hydrogens (tertiary/aromatic N) is 4. The van der Waals surface area contributed by atoms with Crippen molar-refractivity contribution in [3.63, 3.8) is 0 Å². The third-order valence-electron chi connectivity index (χ3n) is 7.36. The lowest BCUT2D eigenvalue weighted by Crippen LogP contribution is -2.58. The molecule has 2 saturated heterocycles. The number of fused-ring (bicyclic) bond motifs is 1. The predicted octanol–water partition coefficient (Wildman–Crippen LogP) is 1.87. The Hall–Kier alpha value is -1.93. The molecule has 0 bridgehead atoms. The Bertz CT molecular complexity index is 903. The van der Waals surface area contributed by atoms with E-state index in [4.69, 9.17) is 5.73 Å². The minimum absolute atomic E-state index is 0.205. The van der Waals surface area contributed by atoms with E-state index in [0.717, 1.165) is 38.1 Å². The van der Waals surface area contributed by atoms with Crippen LogP contribution in [0.15, 0.2) is 30.5 Å². The molecule has 1 aromatic heterocycles. The van der Waals surface area contributed by atoms with Crippen LogP contribution in [0.1, 0.15) is 38.7 Å². The molecule has 0 radical (unpaired) electrons. The standard InChI is InChI=1S/C25H39N5O2/c1-19(2)28-10-7-21(8-11-28)30-13-12-27(17-22(30)9-14-31)15-20-16-29(18-25(26)32)24-6-4-3-5-23(20)24/h3-6,16,19,21-22,31H,7-15,17-18H2,1-2H3,(H2,26,32)/t22-/m1/s1.